The Bertz CT molecular complexity index is 281. The molecule has 0 saturated heterocycles. The van der Waals surface area contributed by atoms with Gasteiger partial charge >= 0.3 is 0 Å². The van der Waals surface area contributed by atoms with E-state index in [2.05, 4.69) is 24.3 Å². The largest absolute Gasteiger partial charge is 0.122 e. The number of benzene rings is 1. The number of rotatable bonds is 2. The Morgan fingerprint density at radius 3 is 1.94 bits per heavy atom. The molecule has 0 spiro atoms. The normalized spacial score (nSPS) is 16.9. The highest BCUT2D eigenvalue weighted by molar-refractivity contribution is 6.17. The van der Waals surface area contributed by atoms with Crippen LogP contribution in [0.5, 0.6) is 0 Å². The van der Waals surface area contributed by atoms with Gasteiger partial charge in [0, 0.05) is 5.88 Å². The maximum absolute atomic E-state index is 5.79. The van der Waals surface area contributed by atoms with Gasteiger partial charge in [-0.05, 0) is 29.9 Å². The molecule has 2 rings (SSSR count). The molecule has 0 aromatic heterocycles. The minimum Gasteiger partial charge on any atom is -0.122 e. The summed E-state index contributed by atoms with van der Waals surface area (Å²) in [4.78, 5) is 0. The quantitative estimate of drug-likeness (QED) is 0.455. The molecule has 0 amide bonds. The van der Waals surface area contributed by atoms with Gasteiger partial charge < -0.3 is 0 Å². The molecule has 96 valence electrons. The number of hydrogen-bond acceptors (Lipinski definition) is 0. The molecular formula is C16H25Cl. The molecule has 1 aromatic carbocycles. The second kappa shape index (κ2) is 8.58. The Morgan fingerprint density at radius 1 is 0.941 bits per heavy atom. The third-order valence-corrected chi connectivity index (χ3v) is 3.77. The maximum Gasteiger partial charge on any atom is 0.0474 e. The average Bonchev–Trinajstić information content (AvgIpc) is 2.70. The van der Waals surface area contributed by atoms with E-state index >= 15 is 0 Å². The van der Waals surface area contributed by atoms with Crippen LogP contribution >= 0.6 is 11.6 Å². The molecule has 0 nitrogen and oxygen atoms in total. The average molecular weight is 253 g/mol. The lowest BCUT2D eigenvalue weighted by Crippen LogP contribution is -1.97. The monoisotopic (exact) mass is 252 g/mol. The first-order valence-electron chi connectivity index (χ1n) is 7.05. The van der Waals surface area contributed by atoms with Gasteiger partial charge in [-0.15, -0.1) is 11.6 Å². The first kappa shape index (κ1) is 14.6. The van der Waals surface area contributed by atoms with Gasteiger partial charge in [0.2, 0.25) is 0 Å². The molecule has 0 N–H and O–H groups in total. The van der Waals surface area contributed by atoms with Crippen LogP contribution in [-0.2, 0) is 5.88 Å². The van der Waals surface area contributed by atoms with E-state index in [9.17, 15) is 0 Å². The molecule has 0 atom stereocenters. The first-order valence-corrected chi connectivity index (χ1v) is 7.58. The van der Waals surface area contributed by atoms with E-state index in [4.69, 9.17) is 11.6 Å². The predicted molar refractivity (Wildman–Crippen MR) is 77.8 cm³/mol. The van der Waals surface area contributed by atoms with E-state index in [1.165, 1.54) is 49.7 Å². The van der Waals surface area contributed by atoms with Crippen LogP contribution in [0, 0.1) is 0 Å². The number of hydrogen-bond donors (Lipinski definition) is 0. The van der Waals surface area contributed by atoms with Crippen molar-refractivity contribution in [2.45, 2.75) is 64.2 Å². The summed E-state index contributed by atoms with van der Waals surface area (Å²) < 4.78 is 0. The van der Waals surface area contributed by atoms with Crippen LogP contribution in [0.15, 0.2) is 24.3 Å². The minimum atomic E-state index is 0.630. The van der Waals surface area contributed by atoms with Gasteiger partial charge in [0.1, 0.15) is 0 Å². The Morgan fingerprint density at radius 2 is 1.47 bits per heavy atom. The van der Waals surface area contributed by atoms with Crippen LogP contribution in [-0.4, -0.2) is 0 Å². The predicted octanol–water partition coefficient (Wildman–Crippen LogP) is 5.89. The zero-order valence-corrected chi connectivity index (χ0v) is 12.0. The van der Waals surface area contributed by atoms with Crippen molar-refractivity contribution in [1.29, 1.82) is 0 Å². The molecule has 1 heteroatoms. The topological polar surface area (TPSA) is 0 Å². The zero-order chi connectivity index (χ0) is 12.5. The van der Waals surface area contributed by atoms with E-state index in [1.54, 1.807) is 0 Å². The second-order valence-corrected chi connectivity index (χ2v) is 4.83. The molecule has 0 radical (unpaired) electrons. The maximum atomic E-state index is 5.79. The van der Waals surface area contributed by atoms with Gasteiger partial charge in [-0.25, -0.2) is 0 Å². The Hall–Kier alpha value is -0.490. The summed E-state index contributed by atoms with van der Waals surface area (Å²) >= 11 is 5.79. The van der Waals surface area contributed by atoms with E-state index in [0.29, 0.717) is 5.88 Å². The van der Waals surface area contributed by atoms with Crippen LogP contribution in [0.3, 0.4) is 0 Å². The van der Waals surface area contributed by atoms with Gasteiger partial charge in [0.25, 0.3) is 0 Å². The SMILES string of the molecule is CC.ClCc1ccc(C2CCCCCC2)cc1. The zero-order valence-electron chi connectivity index (χ0n) is 11.2. The van der Waals surface area contributed by atoms with Crippen molar-refractivity contribution in [3.05, 3.63) is 35.4 Å². The van der Waals surface area contributed by atoms with Gasteiger partial charge in [-0.1, -0.05) is 63.8 Å². The van der Waals surface area contributed by atoms with Gasteiger partial charge in [0.05, 0.1) is 0 Å². The molecule has 0 bridgehead atoms. The van der Waals surface area contributed by atoms with Crippen molar-refractivity contribution >= 4 is 11.6 Å². The van der Waals surface area contributed by atoms with E-state index in [-0.39, 0.29) is 0 Å². The number of alkyl halides is 1. The molecular weight excluding hydrogens is 228 g/mol. The first-order chi connectivity index (χ1) is 8.40. The van der Waals surface area contributed by atoms with Crippen molar-refractivity contribution in [3.8, 4) is 0 Å². The van der Waals surface area contributed by atoms with Crippen LogP contribution in [0.4, 0.5) is 0 Å². The summed E-state index contributed by atoms with van der Waals surface area (Å²) in [6.07, 6.45) is 8.41. The van der Waals surface area contributed by atoms with Crippen molar-refractivity contribution in [3.63, 3.8) is 0 Å². The van der Waals surface area contributed by atoms with Crippen LogP contribution in [0.2, 0.25) is 0 Å². The lowest BCUT2D eigenvalue weighted by Gasteiger charge is -2.14. The van der Waals surface area contributed by atoms with E-state index < -0.39 is 0 Å². The van der Waals surface area contributed by atoms with Crippen LogP contribution in [0.1, 0.15) is 69.4 Å². The second-order valence-electron chi connectivity index (χ2n) is 4.56. The van der Waals surface area contributed by atoms with E-state index in [1.807, 2.05) is 13.8 Å². The molecule has 0 aliphatic heterocycles. The molecule has 1 aliphatic carbocycles. The standard InChI is InChI=1S/C14H19Cl.C2H6/c15-11-12-7-9-14(10-8-12)13-5-3-1-2-4-6-13;1-2/h7-10,13H,1-6,11H2;1-2H3. The van der Waals surface area contributed by atoms with Crippen LogP contribution in [0.25, 0.3) is 0 Å². The highest BCUT2D eigenvalue weighted by atomic mass is 35.5. The molecule has 1 aromatic rings. The highest BCUT2D eigenvalue weighted by Gasteiger charge is 2.13. The van der Waals surface area contributed by atoms with Crippen molar-refractivity contribution < 1.29 is 0 Å². The fraction of sp³-hybridized carbons (Fsp3) is 0.625. The molecule has 1 saturated carbocycles. The fourth-order valence-corrected chi connectivity index (χ4v) is 2.67. The molecule has 17 heavy (non-hydrogen) atoms. The van der Waals surface area contributed by atoms with Crippen molar-refractivity contribution in [1.82, 2.24) is 0 Å². The van der Waals surface area contributed by atoms with E-state index in [0.717, 1.165) is 5.92 Å². The molecule has 1 fully saturated rings. The lowest BCUT2D eigenvalue weighted by molar-refractivity contribution is 0.592. The Labute approximate surface area is 111 Å². The van der Waals surface area contributed by atoms with Gasteiger partial charge in [0.15, 0.2) is 0 Å². The summed E-state index contributed by atoms with van der Waals surface area (Å²) in [5.41, 5.74) is 2.75. The van der Waals surface area contributed by atoms with Crippen molar-refractivity contribution in [2.75, 3.05) is 0 Å². The molecule has 0 unspecified atom stereocenters. The van der Waals surface area contributed by atoms with Gasteiger partial charge in [-0.3, -0.25) is 0 Å². The summed E-state index contributed by atoms with van der Waals surface area (Å²) in [5.74, 6) is 1.43. The molecule has 1 aliphatic rings. The minimum absolute atomic E-state index is 0.630. The van der Waals surface area contributed by atoms with Gasteiger partial charge in [-0.2, -0.15) is 0 Å². The highest BCUT2D eigenvalue weighted by Crippen LogP contribution is 2.31. The summed E-state index contributed by atoms with van der Waals surface area (Å²) in [7, 11) is 0. The lowest BCUT2D eigenvalue weighted by atomic mass is 9.91. The van der Waals surface area contributed by atoms with Crippen molar-refractivity contribution in [2.24, 2.45) is 0 Å². The Balaban J connectivity index is 0.000000686. The van der Waals surface area contributed by atoms with Crippen LogP contribution < -0.4 is 0 Å². The summed E-state index contributed by atoms with van der Waals surface area (Å²) in [6.45, 7) is 4.00. The smallest absolute Gasteiger partial charge is 0.0474 e. The Kier molecular flexibility index (Phi) is 7.35. The summed E-state index contributed by atoms with van der Waals surface area (Å²) in [6, 6.07) is 8.89. The fourth-order valence-electron chi connectivity index (χ4n) is 2.49. The number of halogens is 1. The molecule has 0 heterocycles. The summed E-state index contributed by atoms with van der Waals surface area (Å²) in [5, 5.41) is 0. The third-order valence-electron chi connectivity index (χ3n) is 3.46. The third kappa shape index (κ3) is 4.71.